The summed E-state index contributed by atoms with van der Waals surface area (Å²) in [5, 5.41) is 9.84. The summed E-state index contributed by atoms with van der Waals surface area (Å²) in [6, 6.07) is 13.2. The van der Waals surface area contributed by atoms with Gasteiger partial charge in [0, 0.05) is 30.3 Å². The third-order valence-electron chi connectivity index (χ3n) is 5.37. The number of rotatable bonds is 6. The molecule has 1 aromatic heterocycles. The van der Waals surface area contributed by atoms with Crippen LogP contribution in [0.4, 0.5) is 8.78 Å². The van der Waals surface area contributed by atoms with Crippen molar-refractivity contribution in [3.05, 3.63) is 66.5 Å². The summed E-state index contributed by atoms with van der Waals surface area (Å²) >= 11 is 0. The van der Waals surface area contributed by atoms with Crippen LogP contribution < -0.4 is 0 Å². The molecule has 4 nitrogen and oxygen atoms in total. The quantitative estimate of drug-likeness (QED) is 0.673. The molecule has 0 aliphatic carbocycles. The second kappa shape index (κ2) is 8.84. The van der Waals surface area contributed by atoms with Gasteiger partial charge in [-0.3, -0.25) is 0 Å². The Balaban J connectivity index is 1.61. The van der Waals surface area contributed by atoms with Crippen LogP contribution in [0.3, 0.4) is 0 Å². The number of halogens is 2. The maximum atomic E-state index is 13.9. The molecule has 6 heteroatoms. The van der Waals surface area contributed by atoms with E-state index in [0.717, 1.165) is 44.0 Å². The predicted molar refractivity (Wildman–Crippen MR) is 109 cm³/mol. The molecule has 2 heterocycles. The van der Waals surface area contributed by atoms with E-state index in [-0.39, 0.29) is 6.10 Å². The summed E-state index contributed by atoms with van der Waals surface area (Å²) in [6.07, 6.45) is 4.24. The van der Waals surface area contributed by atoms with Crippen LogP contribution in [0, 0.1) is 11.6 Å². The highest BCUT2D eigenvalue weighted by molar-refractivity contribution is 5.78. The van der Waals surface area contributed by atoms with Crippen LogP contribution in [0.25, 0.3) is 22.5 Å². The molecule has 0 saturated carbocycles. The molecule has 0 spiro atoms. The van der Waals surface area contributed by atoms with Gasteiger partial charge >= 0.3 is 0 Å². The molecule has 0 bridgehead atoms. The van der Waals surface area contributed by atoms with Crippen LogP contribution in [0.2, 0.25) is 0 Å². The lowest BCUT2D eigenvalue weighted by Crippen LogP contribution is -2.38. The first kappa shape index (κ1) is 19.7. The maximum absolute atomic E-state index is 13.9. The van der Waals surface area contributed by atoms with Crippen molar-refractivity contribution >= 4 is 0 Å². The van der Waals surface area contributed by atoms with E-state index in [9.17, 15) is 13.9 Å². The summed E-state index contributed by atoms with van der Waals surface area (Å²) in [5.41, 5.74) is 2.81. The largest absolute Gasteiger partial charge is 0.392 e. The lowest BCUT2D eigenvalue weighted by molar-refractivity contribution is 0.0695. The summed E-state index contributed by atoms with van der Waals surface area (Å²) in [5.74, 6) is -1.21. The average molecular weight is 397 g/mol. The van der Waals surface area contributed by atoms with Crippen molar-refractivity contribution in [1.82, 2.24) is 14.5 Å². The number of nitrogens with zero attached hydrogens (tertiary/aromatic N) is 3. The Bertz CT molecular complexity index is 938. The van der Waals surface area contributed by atoms with Crippen molar-refractivity contribution in [3.63, 3.8) is 0 Å². The maximum Gasteiger partial charge on any atom is 0.126 e. The van der Waals surface area contributed by atoms with Gasteiger partial charge in [0.05, 0.1) is 23.8 Å². The molecule has 4 rings (SSSR count). The first-order valence-electron chi connectivity index (χ1n) is 10.1. The molecule has 1 N–H and O–H groups in total. The molecule has 1 aliphatic rings. The smallest absolute Gasteiger partial charge is 0.126 e. The van der Waals surface area contributed by atoms with E-state index in [2.05, 4.69) is 9.88 Å². The van der Waals surface area contributed by atoms with E-state index in [0.29, 0.717) is 30.0 Å². The molecule has 152 valence electrons. The molecule has 0 unspecified atom stereocenters. The van der Waals surface area contributed by atoms with Gasteiger partial charge < -0.3 is 14.6 Å². The molecule has 1 fully saturated rings. The number of piperidine rings is 1. The molecule has 0 radical (unpaired) electrons. The van der Waals surface area contributed by atoms with Crippen molar-refractivity contribution in [1.29, 1.82) is 0 Å². The van der Waals surface area contributed by atoms with Gasteiger partial charge in [-0.25, -0.2) is 13.8 Å². The first-order valence-corrected chi connectivity index (χ1v) is 10.1. The number of benzene rings is 2. The molecule has 1 atom stereocenters. The Hall–Kier alpha value is -2.57. The highest BCUT2D eigenvalue weighted by Gasteiger charge is 2.19. The number of aliphatic hydroxyl groups excluding tert-OH is 1. The van der Waals surface area contributed by atoms with Gasteiger partial charge in [-0.1, -0.05) is 30.3 Å². The summed E-state index contributed by atoms with van der Waals surface area (Å²) in [7, 11) is 0. The second-order valence-corrected chi connectivity index (χ2v) is 7.61. The lowest BCUT2D eigenvalue weighted by atomic mass is 10.0. The van der Waals surface area contributed by atoms with Crippen LogP contribution in [0.15, 0.2) is 54.9 Å². The fourth-order valence-corrected chi connectivity index (χ4v) is 4.05. The van der Waals surface area contributed by atoms with Crippen molar-refractivity contribution in [2.24, 2.45) is 0 Å². The Labute approximate surface area is 169 Å². The van der Waals surface area contributed by atoms with Crippen LogP contribution in [0.1, 0.15) is 19.3 Å². The number of aliphatic hydroxyl groups is 1. The molecule has 0 amide bonds. The predicted octanol–water partition coefficient (Wildman–Crippen LogP) is 4.34. The number of imidazole rings is 1. The van der Waals surface area contributed by atoms with E-state index >= 15 is 0 Å². The van der Waals surface area contributed by atoms with Crippen LogP contribution in [0.5, 0.6) is 0 Å². The lowest BCUT2D eigenvalue weighted by Gasteiger charge is -2.29. The zero-order valence-electron chi connectivity index (χ0n) is 16.3. The topological polar surface area (TPSA) is 41.3 Å². The molecule has 1 aliphatic heterocycles. The van der Waals surface area contributed by atoms with Crippen molar-refractivity contribution < 1.29 is 13.9 Å². The molecule has 29 heavy (non-hydrogen) atoms. The summed E-state index contributed by atoms with van der Waals surface area (Å²) in [4.78, 5) is 6.83. The van der Waals surface area contributed by atoms with Gasteiger partial charge in [0.2, 0.25) is 0 Å². The van der Waals surface area contributed by atoms with E-state index in [4.69, 9.17) is 0 Å². The van der Waals surface area contributed by atoms with E-state index in [1.54, 1.807) is 6.33 Å². The molecule has 2 aromatic carbocycles. The number of aryl methyl sites for hydroxylation is 1. The highest BCUT2D eigenvalue weighted by atomic mass is 19.1. The van der Waals surface area contributed by atoms with Gasteiger partial charge in [0.25, 0.3) is 0 Å². The SMILES string of the molecule is O[C@@H]1CCCN(CCCn2cnc(-c3ccccc3)c2-c2cc(F)cc(F)c2)C1. The first-order chi connectivity index (χ1) is 14.1. The minimum atomic E-state index is -0.603. The fraction of sp³-hybridized carbons (Fsp3) is 0.348. The third kappa shape index (κ3) is 4.71. The number of hydrogen-bond acceptors (Lipinski definition) is 3. The Morgan fingerprint density at radius 1 is 1.00 bits per heavy atom. The third-order valence-corrected chi connectivity index (χ3v) is 5.37. The second-order valence-electron chi connectivity index (χ2n) is 7.61. The number of hydrogen-bond donors (Lipinski definition) is 1. The standard InChI is InChI=1S/C23H25F2N3O/c24-19-12-18(13-20(25)14-19)23-22(17-6-2-1-3-7-17)26-16-28(23)11-5-10-27-9-4-8-21(29)15-27/h1-3,6-7,12-14,16,21,29H,4-5,8-11,15H2/t21-/m1/s1. The van der Waals surface area contributed by atoms with Crippen molar-refractivity contribution in [3.8, 4) is 22.5 Å². The fourth-order valence-electron chi connectivity index (χ4n) is 4.05. The van der Waals surface area contributed by atoms with Crippen LogP contribution in [-0.4, -0.2) is 45.3 Å². The Kier molecular flexibility index (Phi) is 6.02. The van der Waals surface area contributed by atoms with E-state index in [1.807, 2.05) is 34.9 Å². The van der Waals surface area contributed by atoms with E-state index in [1.165, 1.54) is 12.1 Å². The Morgan fingerprint density at radius 3 is 2.48 bits per heavy atom. The molecular weight excluding hydrogens is 372 g/mol. The molecule has 1 saturated heterocycles. The number of β-amino-alcohol motifs (C(OH)–C–C–N with tert-alkyl or cyclic N) is 1. The van der Waals surface area contributed by atoms with Crippen molar-refractivity contribution in [2.45, 2.75) is 31.9 Å². The summed E-state index contributed by atoms with van der Waals surface area (Å²) in [6.45, 7) is 3.26. The number of likely N-dealkylation sites (tertiary alicyclic amines) is 1. The Morgan fingerprint density at radius 2 is 1.76 bits per heavy atom. The summed E-state index contributed by atoms with van der Waals surface area (Å²) < 4.78 is 29.8. The minimum Gasteiger partial charge on any atom is -0.392 e. The van der Waals surface area contributed by atoms with Crippen molar-refractivity contribution in [2.75, 3.05) is 19.6 Å². The zero-order chi connectivity index (χ0) is 20.2. The molecular formula is C23H25F2N3O. The van der Waals surface area contributed by atoms with Gasteiger partial charge in [-0.15, -0.1) is 0 Å². The minimum absolute atomic E-state index is 0.243. The van der Waals surface area contributed by atoms with Gasteiger partial charge in [-0.05, 0) is 44.5 Å². The highest BCUT2D eigenvalue weighted by Crippen LogP contribution is 2.32. The zero-order valence-corrected chi connectivity index (χ0v) is 16.3. The van der Waals surface area contributed by atoms with Gasteiger partial charge in [0.1, 0.15) is 11.6 Å². The van der Waals surface area contributed by atoms with Gasteiger partial charge in [-0.2, -0.15) is 0 Å². The number of aromatic nitrogens is 2. The van der Waals surface area contributed by atoms with Crippen LogP contribution >= 0.6 is 0 Å². The monoisotopic (exact) mass is 397 g/mol. The molecule has 3 aromatic rings. The average Bonchev–Trinajstić information content (AvgIpc) is 3.12. The van der Waals surface area contributed by atoms with E-state index < -0.39 is 11.6 Å². The normalized spacial score (nSPS) is 17.6. The van der Waals surface area contributed by atoms with Crippen LogP contribution in [-0.2, 0) is 6.54 Å². The van der Waals surface area contributed by atoms with Gasteiger partial charge in [0.15, 0.2) is 0 Å².